The van der Waals surface area contributed by atoms with Crippen LogP contribution in [0.2, 0.25) is 10.0 Å². The van der Waals surface area contributed by atoms with Gasteiger partial charge in [0, 0.05) is 24.1 Å². The predicted molar refractivity (Wildman–Crippen MR) is 151 cm³/mol. The van der Waals surface area contributed by atoms with Gasteiger partial charge in [0.15, 0.2) is 13.2 Å². The van der Waals surface area contributed by atoms with E-state index in [4.69, 9.17) is 43.1 Å². The van der Waals surface area contributed by atoms with Crippen molar-refractivity contribution >= 4 is 41.0 Å². The molecule has 0 heterocycles. The molecule has 0 spiro atoms. The van der Waals surface area contributed by atoms with Gasteiger partial charge in [0.2, 0.25) is 0 Å². The third-order valence-corrected chi connectivity index (χ3v) is 8.47. The molecule has 13 heteroatoms. The van der Waals surface area contributed by atoms with Gasteiger partial charge in [0.05, 0.1) is 15.6 Å². The highest BCUT2D eigenvalue weighted by Crippen LogP contribution is 2.48. The third kappa shape index (κ3) is 7.43. The lowest BCUT2D eigenvalue weighted by Gasteiger charge is -2.57. The summed E-state index contributed by atoms with van der Waals surface area (Å²) in [6.45, 7) is 2.82. The molecule has 2 aromatic rings. The third-order valence-electron chi connectivity index (χ3n) is 7.86. The maximum Gasteiger partial charge on any atom is 0.323 e. The molecular formula is C29H33Cl2F2N3O6. The van der Waals surface area contributed by atoms with E-state index in [2.05, 4.69) is 10.6 Å². The predicted octanol–water partition coefficient (Wildman–Crippen LogP) is 4.31. The summed E-state index contributed by atoms with van der Waals surface area (Å²) < 4.78 is 44.2. The molecule has 42 heavy (non-hydrogen) atoms. The molecule has 2 amide bonds. The second kappa shape index (κ2) is 13.0. The zero-order chi connectivity index (χ0) is 30.7. The number of rotatable bonds is 11. The number of nitrogens with two attached hydrogens (primary N) is 1. The lowest BCUT2D eigenvalue weighted by Crippen LogP contribution is -2.71. The summed E-state index contributed by atoms with van der Waals surface area (Å²) >= 11 is 11.4. The van der Waals surface area contributed by atoms with Crippen LogP contribution in [-0.4, -0.2) is 54.2 Å². The Morgan fingerprint density at radius 3 is 1.88 bits per heavy atom. The quantitative estimate of drug-likeness (QED) is 0.317. The van der Waals surface area contributed by atoms with Crippen LogP contribution in [0.15, 0.2) is 36.4 Å². The van der Waals surface area contributed by atoms with Gasteiger partial charge in [-0.25, -0.2) is 8.78 Å². The monoisotopic (exact) mass is 627 g/mol. The standard InChI is InChI=1S/C29H33Cl2F2N3O6/c1-16(2)26(34)27(39)42-23-13-28(35-24(37)14-40-17-3-5-19(30)21(32)11-17)7-9-29(23,10-8-28)36-25(38)15-41-18-4-6-20(31)22(33)12-18/h3-6,11-12,16,23,26H,7-10,13-15,34H2,1-2H3,(H,35,37)(H,36,38)/t23-,26-,28?,29?/m0/s1. The smallest absolute Gasteiger partial charge is 0.323 e. The molecule has 9 nitrogen and oxygen atoms in total. The molecule has 0 saturated heterocycles. The van der Waals surface area contributed by atoms with Gasteiger partial charge in [-0.05, 0) is 55.9 Å². The number of benzene rings is 2. The SMILES string of the molecule is CC(C)[C@H](N)C(=O)O[C@H]1CC2(NC(=O)COc3ccc(Cl)c(F)c3)CCC1(NC(=O)COc1ccc(Cl)c(F)c1)CC2. The van der Waals surface area contributed by atoms with E-state index in [0.717, 1.165) is 12.1 Å². The molecule has 2 aromatic carbocycles. The molecule has 0 radical (unpaired) electrons. The minimum absolute atomic E-state index is 0.0612. The van der Waals surface area contributed by atoms with Gasteiger partial charge in [-0.1, -0.05) is 37.0 Å². The van der Waals surface area contributed by atoms with Gasteiger partial charge in [-0.15, -0.1) is 0 Å². The van der Waals surface area contributed by atoms with Crippen LogP contribution in [-0.2, 0) is 19.1 Å². The minimum atomic E-state index is -0.915. The first-order chi connectivity index (χ1) is 19.8. The Kier molecular flexibility index (Phi) is 9.84. The summed E-state index contributed by atoms with van der Waals surface area (Å²) in [6, 6.07) is 6.85. The highest BCUT2D eigenvalue weighted by molar-refractivity contribution is 6.31. The van der Waals surface area contributed by atoms with E-state index in [1.807, 2.05) is 0 Å². The fourth-order valence-electron chi connectivity index (χ4n) is 5.35. The summed E-state index contributed by atoms with van der Waals surface area (Å²) in [5, 5.41) is 5.86. The summed E-state index contributed by atoms with van der Waals surface area (Å²) in [7, 11) is 0. The van der Waals surface area contributed by atoms with Crippen molar-refractivity contribution in [2.24, 2.45) is 11.7 Å². The minimum Gasteiger partial charge on any atom is -0.484 e. The molecule has 0 unspecified atom stereocenters. The number of ether oxygens (including phenoxy) is 3. The first-order valence-corrected chi connectivity index (χ1v) is 14.3. The number of amides is 2. The summed E-state index contributed by atoms with van der Waals surface area (Å²) in [5.41, 5.74) is 4.41. The summed E-state index contributed by atoms with van der Waals surface area (Å²) in [6.07, 6.45) is 1.21. The van der Waals surface area contributed by atoms with Crippen molar-refractivity contribution in [3.05, 3.63) is 58.1 Å². The fraction of sp³-hybridized carbons (Fsp3) is 0.483. The van der Waals surface area contributed by atoms with Crippen molar-refractivity contribution in [1.29, 1.82) is 0 Å². The van der Waals surface area contributed by atoms with E-state index in [0.29, 0.717) is 25.7 Å². The zero-order valence-corrected chi connectivity index (χ0v) is 24.7. The van der Waals surface area contributed by atoms with Gasteiger partial charge in [-0.2, -0.15) is 0 Å². The average molecular weight is 629 g/mol. The zero-order valence-electron chi connectivity index (χ0n) is 23.2. The average Bonchev–Trinajstić information content (AvgIpc) is 2.94. The molecule has 0 aliphatic heterocycles. The summed E-state index contributed by atoms with van der Waals surface area (Å²) in [5.74, 6) is -2.77. The highest BCUT2D eigenvalue weighted by atomic mass is 35.5. The number of halogens is 4. The molecule has 5 rings (SSSR count). The normalized spacial score (nSPS) is 23.7. The second-order valence-corrected chi connectivity index (χ2v) is 12.0. The van der Waals surface area contributed by atoms with Crippen LogP contribution in [0.5, 0.6) is 11.5 Å². The van der Waals surface area contributed by atoms with E-state index in [1.54, 1.807) is 13.8 Å². The van der Waals surface area contributed by atoms with Crippen molar-refractivity contribution in [3.8, 4) is 11.5 Å². The molecule has 2 atom stereocenters. The van der Waals surface area contributed by atoms with E-state index < -0.39 is 59.2 Å². The second-order valence-electron chi connectivity index (χ2n) is 11.2. The lowest BCUT2D eigenvalue weighted by atomic mass is 9.59. The van der Waals surface area contributed by atoms with Crippen LogP contribution in [0, 0.1) is 17.6 Å². The first kappa shape index (κ1) is 31.8. The van der Waals surface area contributed by atoms with Crippen molar-refractivity contribution in [2.45, 2.75) is 69.2 Å². The number of hydrogen-bond donors (Lipinski definition) is 3. The molecule has 3 fully saturated rings. The van der Waals surface area contributed by atoms with E-state index in [1.165, 1.54) is 24.3 Å². The van der Waals surface area contributed by atoms with Crippen molar-refractivity contribution in [1.82, 2.24) is 10.6 Å². The maximum atomic E-state index is 13.8. The van der Waals surface area contributed by atoms with Gasteiger partial charge in [-0.3, -0.25) is 14.4 Å². The molecule has 4 N–H and O–H groups in total. The molecule has 2 bridgehead atoms. The molecule has 3 aliphatic rings. The number of nitrogens with one attached hydrogen (secondary N) is 2. The number of carbonyl (C=O) groups is 3. The fourth-order valence-corrected chi connectivity index (χ4v) is 5.59. The van der Waals surface area contributed by atoms with Gasteiger partial charge in [0.25, 0.3) is 11.8 Å². The Balaban J connectivity index is 1.43. The molecular weight excluding hydrogens is 595 g/mol. The lowest BCUT2D eigenvalue weighted by molar-refractivity contribution is -0.169. The van der Waals surface area contributed by atoms with Crippen molar-refractivity contribution in [2.75, 3.05) is 13.2 Å². The van der Waals surface area contributed by atoms with Crippen LogP contribution in [0.3, 0.4) is 0 Å². The van der Waals surface area contributed by atoms with Crippen LogP contribution >= 0.6 is 23.2 Å². The Morgan fingerprint density at radius 1 is 0.905 bits per heavy atom. The maximum absolute atomic E-state index is 13.8. The van der Waals surface area contributed by atoms with Crippen LogP contribution in [0.4, 0.5) is 8.78 Å². The van der Waals surface area contributed by atoms with Crippen LogP contribution in [0.25, 0.3) is 0 Å². The van der Waals surface area contributed by atoms with Gasteiger partial charge < -0.3 is 30.6 Å². The molecule has 0 aromatic heterocycles. The van der Waals surface area contributed by atoms with Gasteiger partial charge >= 0.3 is 5.97 Å². The number of fused-ring (bicyclic) bond motifs is 3. The Bertz CT molecular complexity index is 1340. The van der Waals surface area contributed by atoms with E-state index in [9.17, 15) is 23.2 Å². The van der Waals surface area contributed by atoms with Crippen LogP contribution in [0.1, 0.15) is 46.0 Å². The van der Waals surface area contributed by atoms with Gasteiger partial charge in [0.1, 0.15) is 35.3 Å². The Hall–Kier alpha value is -3.15. The number of carbonyl (C=O) groups excluding carboxylic acids is 3. The molecule has 3 saturated carbocycles. The largest absolute Gasteiger partial charge is 0.484 e. The Morgan fingerprint density at radius 2 is 1.40 bits per heavy atom. The number of hydrogen-bond acceptors (Lipinski definition) is 7. The molecule has 228 valence electrons. The number of esters is 1. The van der Waals surface area contributed by atoms with E-state index in [-0.39, 0.29) is 40.5 Å². The van der Waals surface area contributed by atoms with Crippen molar-refractivity contribution < 1.29 is 37.4 Å². The first-order valence-electron chi connectivity index (χ1n) is 13.6. The highest BCUT2D eigenvalue weighted by Gasteiger charge is 2.57. The summed E-state index contributed by atoms with van der Waals surface area (Å²) in [4.78, 5) is 38.7. The van der Waals surface area contributed by atoms with Crippen LogP contribution < -0.4 is 25.8 Å². The Labute approximate surface area is 252 Å². The molecule has 3 aliphatic carbocycles. The topological polar surface area (TPSA) is 129 Å². The van der Waals surface area contributed by atoms with E-state index >= 15 is 0 Å². The van der Waals surface area contributed by atoms with Crippen molar-refractivity contribution in [3.63, 3.8) is 0 Å².